The second-order valence-electron chi connectivity index (χ2n) is 6.07. The topological polar surface area (TPSA) is 64.7 Å². The Bertz CT molecular complexity index is 1010. The van der Waals surface area contributed by atoms with Gasteiger partial charge in [0.1, 0.15) is 5.82 Å². The van der Waals surface area contributed by atoms with Crippen LogP contribution in [0.5, 0.6) is 0 Å². The highest BCUT2D eigenvalue weighted by Crippen LogP contribution is 2.24. The molecular weight excluding hydrogens is 392 g/mol. The summed E-state index contributed by atoms with van der Waals surface area (Å²) in [5, 5.41) is 12.1. The van der Waals surface area contributed by atoms with Gasteiger partial charge in [0.05, 0.1) is 28.6 Å². The number of nitrogens with zero attached hydrogens (tertiary/aromatic N) is 4. The molecule has 0 bridgehead atoms. The van der Waals surface area contributed by atoms with Crippen molar-refractivity contribution >= 4 is 34.8 Å². The molecule has 3 aromatic rings. The van der Waals surface area contributed by atoms with Gasteiger partial charge in [-0.1, -0.05) is 29.3 Å². The van der Waals surface area contributed by atoms with Gasteiger partial charge >= 0.3 is 0 Å². The summed E-state index contributed by atoms with van der Waals surface area (Å²) in [6, 6.07) is 4.22. The summed E-state index contributed by atoms with van der Waals surface area (Å²) in [6.07, 6.45) is 1.61. The molecule has 0 radical (unpaired) electrons. The smallest absolute Gasteiger partial charge is 0.277 e. The van der Waals surface area contributed by atoms with Gasteiger partial charge in [-0.05, 0) is 38.5 Å². The molecule has 0 spiro atoms. The lowest BCUT2D eigenvalue weighted by atomic mass is 10.2. The van der Waals surface area contributed by atoms with Gasteiger partial charge in [-0.25, -0.2) is 4.39 Å². The van der Waals surface area contributed by atoms with Crippen molar-refractivity contribution in [1.82, 2.24) is 19.6 Å². The number of aromatic nitrogens is 4. The highest BCUT2D eigenvalue weighted by Gasteiger charge is 2.20. The van der Waals surface area contributed by atoms with Crippen LogP contribution in [0.25, 0.3) is 0 Å². The highest BCUT2D eigenvalue weighted by molar-refractivity contribution is 6.34. The Morgan fingerprint density at radius 1 is 1.22 bits per heavy atom. The number of carbonyl (C=O) groups is 1. The molecular formula is C18H18Cl2FN5O. The van der Waals surface area contributed by atoms with Crippen LogP contribution in [0.15, 0.2) is 24.4 Å². The molecule has 142 valence electrons. The van der Waals surface area contributed by atoms with Gasteiger partial charge in [-0.2, -0.15) is 10.2 Å². The first-order chi connectivity index (χ1) is 12.8. The molecule has 1 amide bonds. The Morgan fingerprint density at radius 2 is 1.96 bits per heavy atom. The number of amides is 1. The number of halogens is 3. The Kier molecular flexibility index (Phi) is 5.53. The van der Waals surface area contributed by atoms with Gasteiger partial charge in [0.25, 0.3) is 5.91 Å². The zero-order chi connectivity index (χ0) is 19.7. The van der Waals surface area contributed by atoms with Crippen LogP contribution in [0.4, 0.5) is 10.1 Å². The summed E-state index contributed by atoms with van der Waals surface area (Å²) in [5.41, 5.74) is 2.86. The standard InChI is InChI=1S/C18H18Cl2FN5O/c1-4-25-9-15(20)17(24-25)18(27)22-16-10(2)23-26(11(16)3)8-12-5-6-13(21)7-14(12)19/h5-7,9H,4,8H2,1-3H3,(H,22,27). The lowest BCUT2D eigenvalue weighted by Crippen LogP contribution is -2.15. The average molecular weight is 410 g/mol. The van der Waals surface area contributed by atoms with Crippen molar-refractivity contribution in [3.8, 4) is 0 Å². The molecule has 2 aromatic heterocycles. The Hall–Kier alpha value is -2.38. The number of nitrogens with one attached hydrogen (secondary N) is 1. The van der Waals surface area contributed by atoms with E-state index in [0.29, 0.717) is 29.5 Å². The molecule has 0 fully saturated rings. The summed E-state index contributed by atoms with van der Waals surface area (Å²) < 4.78 is 16.5. The van der Waals surface area contributed by atoms with Crippen LogP contribution in [-0.2, 0) is 13.1 Å². The number of carbonyl (C=O) groups excluding carboxylic acids is 1. The van der Waals surface area contributed by atoms with Gasteiger partial charge in [-0.3, -0.25) is 14.2 Å². The quantitative estimate of drug-likeness (QED) is 0.676. The molecule has 0 aliphatic rings. The van der Waals surface area contributed by atoms with Crippen molar-refractivity contribution in [3.05, 3.63) is 62.9 Å². The van der Waals surface area contributed by atoms with E-state index >= 15 is 0 Å². The Balaban J connectivity index is 1.85. The monoisotopic (exact) mass is 409 g/mol. The summed E-state index contributed by atoms with van der Waals surface area (Å²) in [7, 11) is 0. The van der Waals surface area contributed by atoms with Crippen LogP contribution >= 0.6 is 23.2 Å². The SMILES string of the molecule is CCn1cc(Cl)c(C(=O)Nc2c(C)nn(Cc3ccc(F)cc3Cl)c2C)n1. The number of hydrogen-bond acceptors (Lipinski definition) is 3. The van der Waals surface area contributed by atoms with Crippen LogP contribution in [0.3, 0.4) is 0 Å². The molecule has 27 heavy (non-hydrogen) atoms. The summed E-state index contributed by atoms with van der Waals surface area (Å²) >= 11 is 12.2. The van der Waals surface area contributed by atoms with E-state index in [1.165, 1.54) is 12.1 Å². The minimum atomic E-state index is -0.405. The zero-order valence-electron chi connectivity index (χ0n) is 15.1. The minimum Gasteiger partial charge on any atom is -0.317 e. The lowest BCUT2D eigenvalue weighted by Gasteiger charge is -2.08. The fraction of sp³-hybridized carbons (Fsp3) is 0.278. The maximum absolute atomic E-state index is 13.2. The van der Waals surface area contributed by atoms with Crippen molar-refractivity contribution in [2.75, 3.05) is 5.32 Å². The number of benzene rings is 1. The average Bonchev–Trinajstić information content (AvgIpc) is 3.12. The van der Waals surface area contributed by atoms with Crippen molar-refractivity contribution in [2.45, 2.75) is 33.9 Å². The van der Waals surface area contributed by atoms with E-state index in [1.54, 1.807) is 28.6 Å². The third-order valence-electron chi connectivity index (χ3n) is 4.21. The van der Waals surface area contributed by atoms with Crippen LogP contribution < -0.4 is 5.32 Å². The fourth-order valence-electron chi connectivity index (χ4n) is 2.73. The molecule has 0 atom stereocenters. The number of aryl methyl sites for hydroxylation is 2. The molecule has 2 heterocycles. The first-order valence-electron chi connectivity index (χ1n) is 8.32. The summed E-state index contributed by atoms with van der Waals surface area (Å²) in [4.78, 5) is 12.6. The molecule has 0 unspecified atom stereocenters. The van der Waals surface area contributed by atoms with E-state index in [9.17, 15) is 9.18 Å². The van der Waals surface area contributed by atoms with Crippen molar-refractivity contribution < 1.29 is 9.18 Å². The van der Waals surface area contributed by atoms with E-state index in [1.807, 2.05) is 13.8 Å². The van der Waals surface area contributed by atoms with E-state index in [2.05, 4.69) is 15.5 Å². The predicted octanol–water partition coefficient (Wildman–Crippen LogP) is 4.46. The summed E-state index contributed by atoms with van der Waals surface area (Å²) in [5.74, 6) is -0.800. The van der Waals surface area contributed by atoms with E-state index in [-0.39, 0.29) is 10.7 Å². The van der Waals surface area contributed by atoms with Gasteiger partial charge < -0.3 is 5.32 Å². The predicted molar refractivity (Wildman–Crippen MR) is 103 cm³/mol. The third kappa shape index (κ3) is 3.99. The van der Waals surface area contributed by atoms with Crippen LogP contribution in [0, 0.1) is 19.7 Å². The van der Waals surface area contributed by atoms with Gasteiger partial charge in [-0.15, -0.1) is 0 Å². The molecule has 0 saturated carbocycles. The van der Waals surface area contributed by atoms with E-state index in [4.69, 9.17) is 23.2 Å². The first kappa shape index (κ1) is 19.4. The molecule has 0 saturated heterocycles. The van der Waals surface area contributed by atoms with Gasteiger partial charge in [0.15, 0.2) is 5.69 Å². The second kappa shape index (κ2) is 7.70. The number of hydrogen-bond donors (Lipinski definition) is 1. The van der Waals surface area contributed by atoms with Gasteiger partial charge in [0.2, 0.25) is 0 Å². The Morgan fingerprint density at radius 3 is 2.59 bits per heavy atom. The molecule has 9 heteroatoms. The van der Waals surface area contributed by atoms with E-state index in [0.717, 1.165) is 11.3 Å². The molecule has 0 aliphatic heterocycles. The van der Waals surface area contributed by atoms with Crippen LogP contribution in [0.1, 0.15) is 34.4 Å². The van der Waals surface area contributed by atoms with Crippen LogP contribution in [0.2, 0.25) is 10.0 Å². The van der Waals surface area contributed by atoms with Crippen molar-refractivity contribution in [3.63, 3.8) is 0 Å². The Labute approximate surface area is 165 Å². The highest BCUT2D eigenvalue weighted by atomic mass is 35.5. The maximum Gasteiger partial charge on any atom is 0.277 e. The largest absolute Gasteiger partial charge is 0.317 e. The lowest BCUT2D eigenvalue weighted by molar-refractivity contribution is 0.102. The van der Waals surface area contributed by atoms with Crippen LogP contribution in [-0.4, -0.2) is 25.5 Å². The molecule has 6 nitrogen and oxygen atoms in total. The maximum atomic E-state index is 13.2. The fourth-order valence-corrected chi connectivity index (χ4v) is 3.19. The minimum absolute atomic E-state index is 0.159. The number of anilines is 1. The van der Waals surface area contributed by atoms with Crippen molar-refractivity contribution in [2.24, 2.45) is 0 Å². The van der Waals surface area contributed by atoms with Gasteiger partial charge in [0, 0.05) is 17.8 Å². The number of rotatable bonds is 5. The zero-order valence-corrected chi connectivity index (χ0v) is 16.6. The van der Waals surface area contributed by atoms with Crippen molar-refractivity contribution in [1.29, 1.82) is 0 Å². The second-order valence-corrected chi connectivity index (χ2v) is 6.89. The third-order valence-corrected chi connectivity index (χ3v) is 4.84. The molecule has 1 aromatic carbocycles. The molecule has 0 aliphatic carbocycles. The normalized spacial score (nSPS) is 11.0. The molecule has 1 N–H and O–H groups in total. The molecule has 3 rings (SSSR count). The first-order valence-corrected chi connectivity index (χ1v) is 9.08. The van der Waals surface area contributed by atoms with E-state index < -0.39 is 11.7 Å². The summed E-state index contributed by atoms with van der Waals surface area (Å²) in [6.45, 7) is 6.50.